The van der Waals surface area contributed by atoms with E-state index >= 15 is 0 Å². The van der Waals surface area contributed by atoms with Gasteiger partial charge in [0.25, 0.3) is 0 Å². The van der Waals surface area contributed by atoms with Crippen LogP contribution in [0.25, 0.3) is 22.0 Å². The molecule has 0 radical (unpaired) electrons. The second-order valence-electron chi connectivity index (χ2n) is 7.17. The molecule has 0 aliphatic carbocycles. The number of aryl methyl sites for hydroxylation is 3. The van der Waals surface area contributed by atoms with Gasteiger partial charge in [0.2, 0.25) is 0 Å². The Morgan fingerprint density at radius 3 is 2.66 bits per heavy atom. The van der Waals surface area contributed by atoms with Gasteiger partial charge in [0.1, 0.15) is 11.5 Å². The number of benzene rings is 1. The van der Waals surface area contributed by atoms with Crippen molar-refractivity contribution in [1.29, 1.82) is 0 Å². The van der Waals surface area contributed by atoms with E-state index in [2.05, 4.69) is 27.5 Å². The van der Waals surface area contributed by atoms with E-state index in [-0.39, 0.29) is 6.04 Å². The highest BCUT2D eigenvalue weighted by molar-refractivity contribution is 6.00. The highest BCUT2D eigenvalue weighted by Gasteiger charge is 2.20. The van der Waals surface area contributed by atoms with Gasteiger partial charge in [-0.1, -0.05) is 5.16 Å². The number of methoxy groups -OCH3 is 1. The molecular weight excluding hydrogens is 368 g/mol. The summed E-state index contributed by atoms with van der Waals surface area (Å²) < 4.78 is 12.8. The molecule has 0 aliphatic heterocycles. The minimum atomic E-state index is 0.0184. The van der Waals surface area contributed by atoms with Crippen LogP contribution in [0.15, 0.2) is 35.2 Å². The summed E-state index contributed by atoms with van der Waals surface area (Å²) in [7, 11) is 3.54. The molecule has 3 aromatic heterocycles. The topological polar surface area (TPSA) is 104 Å². The van der Waals surface area contributed by atoms with Crippen molar-refractivity contribution in [2.75, 3.05) is 18.2 Å². The number of aromatic nitrogens is 4. The predicted molar refractivity (Wildman–Crippen MR) is 113 cm³/mol. The van der Waals surface area contributed by atoms with Gasteiger partial charge in [-0.15, -0.1) is 0 Å². The molecule has 29 heavy (non-hydrogen) atoms. The monoisotopic (exact) mass is 392 g/mol. The number of hydrogen-bond donors (Lipinski definition) is 2. The molecule has 0 saturated heterocycles. The normalized spacial score (nSPS) is 12.3. The summed E-state index contributed by atoms with van der Waals surface area (Å²) in [6.45, 7) is 5.87. The highest BCUT2D eigenvalue weighted by atomic mass is 16.5. The Morgan fingerprint density at radius 2 is 2.03 bits per heavy atom. The summed E-state index contributed by atoms with van der Waals surface area (Å²) in [5.74, 6) is 1.44. The summed E-state index contributed by atoms with van der Waals surface area (Å²) in [5.41, 5.74) is 12.1. The average Bonchev–Trinajstić information content (AvgIpc) is 3.28. The number of hydrogen-bond acceptors (Lipinski definition) is 7. The van der Waals surface area contributed by atoms with Gasteiger partial charge >= 0.3 is 0 Å². The first-order valence-electron chi connectivity index (χ1n) is 9.33. The Hall–Kier alpha value is -3.55. The third kappa shape index (κ3) is 3.26. The number of fused-ring (bicyclic) bond motifs is 1. The van der Waals surface area contributed by atoms with E-state index in [1.807, 2.05) is 45.4 Å². The second kappa shape index (κ2) is 7.12. The molecule has 1 atom stereocenters. The van der Waals surface area contributed by atoms with Crippen LogP contribution in [0, 0.1) is 13.8 Å². The van der Waals surface area contributed by atoms with Crippen molar-refractivity contribution in [1.82, 2.24) is 19.9 Å². The van der Waals surface area contributed by atoms with Gasteiger partial charge in [0.05, 0.1) is 53.7 Å². The number of anilines is 2. The average molecular weight is 392 g/mol. The molecule has 3 heterocycles. The summed E-state index contributed by atoms with van der Waals surface area (Å²) in [5, 5.41) is 12.7. The van der Waals surface area contributed by atoms with Crippen molar-refractivity contribution >= 4 is 22.3 Å². The fourth-order valence-electron chi connectivity index (χ4n) is 3.59. The maximum Gasteiger partial charge on any atom is 0.141 e. The quantitative estimate of drug-likeness (QED) is 0.529. The molecule has 1 unspecified atom stereocenters. The van der Waals surface area contributed by atoms with Gasteiger partial charge in [-0.2, -0.15) is 5.10 Å². The zero-order chi connectivity index (χ0) is 20.7. The van der Waals surface area contributed by atoms with Crippen LogP contribution in [-0.2, 0) is 7.05 Å². The number of nitrogen functional groups attached to an aromatic ring is 1. The van der Waals surface area contributed by atoms with Crippen LogP contribution in [0.4, 0.5) is 11.4 Å². The summed E-state index contributed by atoms with van der Waals surface area (Å²) >= 11 is 0. The SMILES string of the molecule is COc1cc2c(NC(C)c3cnn(C)c3)c(N)cnc2cc1-c1c(C)noc1C. The van der Waals surface area contributed by atoms with Gasteiger partial charge in [-0.25, -0.2) is 0 Å². The summed E-state index contributed by atoms with van der Waals surface area (Å²) in [6.07, 6.45) is 5.49. The molecule has 3 N–H and O–H groups in total. The van der Waals surface area contributed by atoms with Gasteiger partial charge in [0, 0.05) is 29.8 Å². The second-order valence-corrected chi connectivity index (χ2v) is 7.17. The highest BCUT2D eigenvalue weighted by Crippen LogP contribution is 2.40. The molecule has 150 valence electrons. The molecule has 0 bridgehead atoms. The molecule has 0 amide bonds. The first-order valence-corrected chi connectivity index (χ1v) is 9.33. The zero-order valence-electron chi connectivity index (χ0n) is 17.1. The standard InChI is InChI=1S/C21H24N6O2/c1-11(14-8-24-27(4)10-14)25-21-15-7-19(28-5)16(6-18(15)23-9-17(21)22)20-12(2)26-29-13(20)3/h6-11H,22H2,1-5H3,(H,23,25). The fourth-order valence-corrected chi connectivity index (χ4v) is 3.59. The Balaban J connectivity index is 1.85. The van der Waals surface area contributed by atoms with Crippen LogP contribution in [-0.4, -0.2) is 27.0 Å². The Labute approximate surface area is 168 Å². The third-order valence-electron chi connectivity index (χ3n) is 5.11. The first kappa shape index (κ1) is 18.8. The van der Waals surface area contributed by atoms with E-state index in [1.54, 1.807) is 18.0 Å². The Kier molecular flexibility index (Phi) is 4.62. The number of nitrogens with zero attached hydrogens (tertiary/aromatic N) is 4. The Morgan fingerprint density at radius 1 is 1.24 bits per heavy atom. The van der Waals surface area contributed by atoms with Crippen LogP contribution in [0.2, 0.25) is 0 Å². The first-order chi connectivity index (χ1) is 13.9. The van der Waals surface area contributed by atoms with E-state index in [4.69, 9.17) is 15.0 Å². The molecule has 0 saturated carbocycles. The van der Waals surface area contributed by atoms with Gasteiger partial charge in [0.15, 0.2) is 0 Å². The minimum Gasteiger partial charge on any atom is -0.496 e. The Bertz CT molecular complexity index is 1170. The number of nitrogens with two attached hydrogens (primary N) is 1. The summed E-state index contributed by atoms with van der Waals surface area (Å²) in [6, 6.07) is 3.96. The molecule has 4 rings (SSSR count). The van der Waals surface area contributed by atoms with E-state index in [1.165, 1.54) is 0 Å². The van der Waals surface area contributed by atoms with E-state index in [0.717, 1.165) is 44.7 Å². The predicted octanol–water partition coefficient (Wildman–Crippen LogP) is 4.00. The molecular formula is C21H24N6O2. The lowest BCUT2D eigenvalue weighted by Gasteiger charge is -2.19. The van der Waals surface area contributed by atoms with Crippen molar-refractivity contribution in [2.24, 2.45) is 7.05 Å². The number of pyridine rings is 1. The van der Waals surface area contributed by atoms with Crippen molar-refractivity contribution in [2.45, 2.75) is 26.8 Å². The van der Waals surface area contributed by atoms with E-state index < -0.39 is 0 Å². The summed E-state index contributed by atoms with van der Waals surface area (Å²) in [4.78, 5) is 4.54. The lowest BCUT2D eigenvalue weighted by atomic mass is 9.99. The van der Waals surface area contributed by atoms with Gasteiger partial charge in [-0.05, 0) is 32.9 Å². The van der Waals surface area contributed by atoms with Crippen molar-refractivity contribution in [3.63, 3.8) is 0 Å². The third-order valence-corrected chi connectivity index (χ3v) is 5.11. The van der Waals surface area contributed by atoms with E-state index in [9.17, 15) is 0 Å². The molecule has 0 aliphatic rings. The molecule has 8 heteroatoms. The van der Waals surface area contributed by atoms with E-state index in [0.29, 0.717) is 11.4 Å². The van der Waals surface area contributed by atoms with Crippen LogP contribution in [0.5, 0.6) is 5.75 Å². The van der Waals surface area contributed by atoms with Crippen LogP contribution < -0.4 is 15.8 Å². The molecule has 0 fully saturated rings. The largest absolute Gasteiger partial charge is 0.496 e. The minimum absolute atomic E-state index is 0.0184. The van der Waals surface area contributed by atoms with Crippen molar-refractivity contribution in [3.8, 4) is 16.9 Å². The fraction of sp³-hybridized carbons (Fsp3) is 0.286. The maximum absolute atomic E-state index is 6.28. The van der Waals surface area contributed by atoms with Crippen molar-refractivity contribution < 1.29 is 9.26 Å². The lowest BCUT2D eigenvalue weighted by molar-refractivity contribution is 0.393. The van der Waals surface area contributed by atoms with Crippen LogP contribution in [0.3, 0.4) is 0 Å². The van der Waals surface area contributed by atoms with Crippen LogP contribution in [0.1, 0.15) is 30.0 Å². The number of rotatable bonds is 5. The number of nitrogens with one attached hydrogen (secondary N) is 1. The van der Waals surface area contributed by atoms with Crippen LogP contribution >= 0.6 is 0 Å². The van der Waals surface area contributed by atoms with Crippen molar-refractivity contribution in [3.05, 3.63) is 47.7 Å². The smallest absolute Gasteiger partial charge is 0.141 e. The number of ether oxygens (including phenoxy) is 1. The molecule has 1 aromatic carbocycles. The van der Waals surface area contributed by atoms with Gasteiger partial charge < -0.3 is 20.3 Å². The van der Waals surface area contributed by atoms with Gasteiger partial charge in [-0.3, -0.25) is 9.67 Å². The molecule has 8 nitrogen and oxygen atoms in total. The zero-order valence-corrected chi connectivity index (χ0v) is 17.1. The maximum atomic E-state index is 6.28. The molecule has 0 spiro atoms. The lowest BCUT2D eigenvalue weighted by Crippen LogP contribution is -2.09. The molecule has 4 aromatic rings.